The minimum atomic E-state index is -0.242. The maximum absolute atomic E-state index is 12.8. The van der Waals surface area contributed by atoms with Crippen LogP contribution in [0, 0.1) is 0 Å². The summed E-state index contributed by atoms with van der Waals surface area (Å²) >= 11 is 5.32. The number of halogens is 1. The second-order valence-electron chi connectivity index (χ2n) is 9.54. The summed E-state index contributed by atoms with van der Waals surface area (Å²) in [4.78, 5) is 25.7. The molecule has 1 heterocycles. The standard InChI is InChI=1S/C31H41BrN6OS/c1-5-18-38(19-6-2)20-17-36-31(39)22(3)27(32)30(34-4)37-29(33)25-14-8-7-11-24(25)21-40-26-15-9-12-23-13-10-16-35-28(23)26/h7-8,10-14,16,34H,3,5-6,9,15,17-21H2,1-2,4H3,(H2,33,37)(H,36,39)/b30-27-. The van der Waals surface area contributed by atoms with E-state index >= 15 is 0 Å². The Morgan fingerprint density at radius 3 is 2.65 bits per heavy atom. The van der Waals surface area contributed by atoms with Crippen LogP contribution in [0.1, 0.15) is 50.7 Å². The van der Waals surface area contributed by atoms with Crippen molar-refractivity contribution in [3.05, 3.63) is 86.7 Å². The molecule has 0 unspecified atom stereocenters. The fourth-order valence-electron chi connectivity index (χ4n) is 4.53. The van der Waals surface area contributed by atoms with Crippen molar-refractivity contribution in [2.75, 3.05) is 33.2 Å². The Morgan fingerprint density at radius 2 is 1.93 bits per heavy atom. The fraction of sp³-hybridized carbons (Fsp3) is 0.387. The zero-order valence-corrected chi connectivity index (χ0v) is 26.2. The Hall–Kier alpha value is -2.88. The van der Waals surface area contributed by atoms with Gasteiger partial charge in [0.15, 0.2) is 0 Å². The van der Waals surface area contributed by atoms with Crippen LogP contribution in [0.25, 0.3) is 11.0 Å². The second kappa shape index (κ2) is 16.4. The number of benzene rings is 1. The van der Waals surface area contributed by atoms with Crippen molar-refractivity contribution in [1.82, 2.24) is 20.5 Å². The number of aromatic nitrogens is 1. The van der Waals surface area contributed by atoms with Crippen LogP contribution in [0.3, 0.4) is 0 Å². The average Bonchev–Trinajstić information content (AvgIpc) is 2.98. The van der Waals surface area contributed by atoms with Gasteiger partial charge in [-0.05, 0) is 71.6 Å². The molecule has 0 radical (unpaired) electrons. The molecule has 0 atom stereocenters. The summed E-state index contributed by atoms with van der Waals surface area (Å²) in [6.07, 6.45) is 8.28. The number of nitrogens with two attached hydrogens (primary N) is 1. The van der Waals surface area contributed by atoms with E-state index in [0.717, 1.165) is 67.5 Å². The lowest BCUT2D eigenvalue weighted by molar-refractivity contribution is -0.117. The molecule has 0 fully saturated rings. The minimum Gasteiger partial charge on any atom is -0.383 e. The maximum atomic E-state index is 12.8. The Balaban J connectivity index is 1.73. The third-order valence-corrected chi connectivity index (χ3v) is 8.60. The van der Waals surface area contributed by atoms with Gasteiger partial charge in [0.05, 0.1) is 15.4 Å². The van der Waals surface area contributed by atoms with E-state index in [9.17, 15) is 4.79 Å². The molecule has 1 aromatic heterocycles. The number of nitrogens with zero attached hydrogens (tertiary/aromatic N) is 3. The summed E-state index contributed by atoms with van der Waals surface area (Å²) in [5, 5.41) is 8.30. The minimum absolute atomic E-state index is 0.242. The zero-order chi connectivity index (χ0) is 28.9. The van der Waals surface area contributed by atoms with Gasteiger partial charge in [-0.1, -0.05) is 56.8 Å². The summed E-state index contributed by atoms with van der Waals surface area (Å²) in [6, 6.07) is 12.1. The normalized spacial score (nSPS) is 13.8. The van der Waals surface area contributed by atoms with Gasteiger partial charge in [-0.15, -0.1) is 11.8 Å². The van der Waals surface area contributed by atoms with E-state index in [0.29, 0.717) is 28.3 Å². The predicted molar refractivity (Wildman–Crippen MR) is 173 cm³/mol. The molecule has 0 saturated heterocycles. The Morgan fingerprint density at radius 1 is 1.18 bits per heavy atom. The molecule has 0 aliphatic heterocycles. The number of hydrogen-bond donors (Lipinski definition) is 3. The first-order chi connectivity index (χ1) is 19.4. The van der Waals surface area contributed by atoms with Crippen LogP contribution < -0.4 is 26.9 Å². The molecule has 1 amide bonds. The van der Waals surface area contributed by atoms with E-state index < -0.39 is 0 Å². The number of pyridine rings is 1. The molecule has 3 rings (SSSR count). The van der Waals surface area contributed by atoms with Crippen LogP contribution in [0.4, 0.5) is 0 Å². The highest BCUT2D eigenvalue weighted by Crippen LogP contribution is 2.28. The average molecular weight is 626 g/mol. The topological polar surface area (TPSA) is 95.6 Å². The van der Waals surface area contributed by atoms with Crippen LogP contribution in [0.2, 0.25) is 0 Å². The summed E-state index contributed by atoms with van der Waals surface area (Å²) in [5.74, 6) is 1.31. The lowest BCUT2D eigenvalue weighted by Gasteiger charge is -2.21. The SMILES string of the molecule is C=C(C(=O)NCCN(CCC)CCC)/C(Br)=C(/N=C(\N)c1ccccc1CSC1=c2ncccc2=CCC1)NC. The van der Waals surface area contributed by atoms with Crippen molar-refractivity contribution >= 4 is 50.4 Å². The molecule has 0 spiro atoms. The zero-order valence-electron chi connectivity index (χ0n) is 23.8. The van der Waals surface area contributed by atoms with Crippen LogP contribution in [0.15, 0.2) is 70.0 Å². The molecule has 4 N–H and O–H groups in total. The van der Waals surface area contributed by atoms with Gasteiger partial charge in [0, 0.05) is 42.6 Å². The molecule has 2 aromatic rings. The summed E-state index contributed by atoms with van der Waals surface area (Å²) in [7, 11) is 1.74. The van der Waals surface area contributed by atoms with Gasteiger partial charge in [-0.3, -0.25) is 9.78 Å². The van der Waals surface area contributed by atoms with Crippen molar-refractivity contribution in [3.8, 4) is 0 Å². The van der Waals surface area contributed by atoms with Crippen molar-refractivity contribution in [2.45, 2.75) is 45.3 Å². The maximum Gasteiger partial charge on any atom is 0.252 e. The van der Waals surface area contributed by atoms with Gasteiger partial charge in [-0.2, -0.15) is 0 Å². The van der Waals surface area contributed by atoms with Crippen molar-refractivity contribution in [2.24, 2.45) is 10.7 Å². The van der Waals surface area contributed by atoms with E-state index in [1.807, 2.05) is 30.5 Å². The number of fused-ring (bicyclic) bond motifs is 1. The number of rotatable bonds is 15. The smallest absolute Gasteiger partial charge is 0.252 e. The molecule has 40 heavy (non-hydrogen) atoms. The van der Waals surface area contributed by atoms with Crippen LogP contribution in [0.5, 0.6) is 0 Å². The van der Waals surface area contributed by atoms with Gasteiger partial charge in [0.1, 0.15) is 11.7 Å². The molecule has 1 aromatic carbocycles. The lowest BCUT2D eigenvalue weighted by Crippen LogP contribution is -2.36. The lowest BCUT2D eigenvalue weighted by atomic mass is 10.1. The Labute approximate surface area is 250 Å². The molecule has 7 nitrogen and oxygen atoms in total. The Kier molecular flexibility index (Phi) is 13.0. The highest BCUT2D eigenvalue weighted by Gasteiger charge is 2.16. The van der Waals surface area contributed by atoms with E-state index in [4.69, 9.17) is 5.73 Å². The number of amides is 1. The van der Waals surface area contributed by atoms with E-state index in [1.54, 1.807) is 18.8 Å². The molecule has 9 heteroatoms. The highest BCUT2D eigenvalue weighted by molar-refractivity contribution is 9.12. The molecule has 1 aliphatic rings. The monoisotopic (exact) mass is 624 g/mol. The molecular formula is C31H41BrN6OS. The highest BCUT2D eigenvalue weighted by atomic mass is 79.9. The number of nitrogens with one attached hydrogen (secondary N) is 2. The first kappa shape index (κ1) is 31.6. The number of carbonyl (C=O) groups is 1. The van der Waals surface area contributed by atoms with Gasteiger partial charge in [-0.25, -0.2) is 4.99 Å². The van der Waals surface area contributed by atoms with Crippen LogP contribution >= 0.6 is 27.7 Å². The number of carbonyl (C=O) groups excluding carboxylic acids is 1. The van der Waals surface area contributed by atoms with Gasteiger partial charge < -0.3 is 21.3 Å². The van der Waals surface area contributed by atoms with Crippen molar-refractivity contribution in [1.29, 1.82) is 0 Å². The largest absolute Gasteiger partial charge is 0.383 e. The van der Waals surface area contributed by atoms with E-state index in [-0.39, 0.29) is 5.91 Å². The van der Waals surface area contributed by atoms with E-state index in [2.05, 4.69) is 80.1 Å². The molecule has 0 bridgehead atoms. The number of amidine groups is 1. The summed E-state index contributed by atoms with van der Waals surface area (Å²) in [5.41, 5.74) is 8.76. The number of hydrogen-bond acceptors (Lipinski definition) is 6. The molecule has 214 valence electrons. The van der Waals surface area contributed by atoms with Crippen LogP contribution in [-0.2, 0) is 10.5 Å². The predicted octanol–water partition coefficient (Wildman–Crippen LogP) is 3.98. The van der Waals surface area contributed by atoms with Gasteiger partial charge >= 0.3 is 0 Å². The quantitative estimate of drug-likeness (QED) is 0.120. The first-order valence-electron chi connectivity index (χ1n) is 13.9. The van der Waals surface area contributed by atoms with Crippen molar-refractivity contribution in [3.63, 3.8) is 0 Å². The van der Waals surface area contributed by atoms with E-state index in [1.165, 1.54) is 10.1 Å². The first-order valence-corrected chi connectivity index (χ1v) is 15.6. The second-order valence-corrected chi connectivity index (χ2v) is 11.4. The summed E-state index contributed by atoms with van der Waals surface area (Å²) in [6.45, 7) is 11.7. The molecular weight excluding hydrogens is 584 g/mol. The van der Waals surface area contributed by atoms with Crippen molar-refractivity contribution < 1.29 is 4.79 Å². The molecule has 1 aliphatic carbocycles. The number of thioether (sulfide) groups is 1. The number of aliphatic imine (C=N–C) groups is 1. The fourth-order valence-corrected chi connectivity index (χ4v) is 6.15. The van der Waals surface area contributed by atoms with Gasteiger partial charge in [0.2, 0.25) is 0 Å². The third kappa shape index (κ3) is 8.81. The molecule has 0 saturated carbocycles. The third-order valence-electron chi connectivity index (χ3n) is 6.54. The Bertz CT molecular complexity index is 1360. The summed E-state index contributed by atoms with van der Waals surface area (Å²) < 4.78 is 0.470. The van der Waals surface area contributed by atoms with Crippen LogP contribution in [-0.4, -0.2) is 54.9 Å². The van der Waals surface area contributed by atoms with Gasteiger partial charge in [0.25, 0.3) is 5.91 Å².